The highest BCUT2D eigenvalue weighted by atomic mass is 16.3. The van der Waals surface area contributed by atoms with Gasteiger partial charge in [-0.05, 0) is 74.0 Å². The highest BCUT2D eigenvalue weighted by Crippen LogP contribution is 2.67. The molecule has 4 saturated carbocycles. The van der Waals surface area contributed by atoms with Gasteiger partial charge in [-0.2, -0.15) is 0 Å². The van der Waals surface area contributed by atoms with Crippen molar-refractivity contribution in [3.63, 3.8) is 0 Å². The Morgan fingerprint density at radius 2 is 1.83 bits per heavy atom. The summed E-state index contributed by atoms with van der Waals surface area (Å²) >= 11 is 0. The molecule has 4 fully saturated rings. The Labute approximate surface area is 140 Å². The van der Waals surface area contributed by atoms with E-state index in [2.05, 4.69) is 19.8 Å². The molecule has 4 aliphatic carbocycles. The molecule has 0 heterocycles. The zero-order chi connectivity index (χ0) is 16.5. The molecule has 0 amide bonds. The van der Waals surface area contributed by atoms with Crippen LogP contribution in [0.5, 0.6) is 0 Å². The van der Waals surface area contributed by atoms with Crippen LogP contribution in [-0.4, -0.2) is 16.5 Å². The van der Waals surface area contributed by atoms with Crippen LogP contribution in [0.3, 0.4) is 0 Å². The predicted octanol–water partition coefficient (Wildman–Crippen LogP) is 3.96. The summed E-state index contributed by atoms with van der Waals surface area (Å²) < 4.78 is 0. The molecule has 4 rings (SSSR count). The zero-order valence-electron chi connectivity index (χ0n) is 14.6. The fourth-order valence-electron chi connectivity index (χ4n) is 7.30. The van der Waals surface area contributed by atoms with Gasteiger partial charge in [-0.25, -0.2) is 0 Å². The SMILES string of the molecule is C#C[C@@]1(O)CC[C@@H]2[C@@H]3CC[C@@H]4CC(=O)CC[C@]4(C)[C@H]3CC[C@@]21C. The third-order valence-electron chi connectivity index (χ3n) is 8.87. The highest BCUT2D eigenvalue weighted by Gasteiger charge is 2.64. The second-order valence-electron chi connectivity index (χ2n) is 9.40. The van der Waals surface area contributed by atoms with Crippen LogP contribution in [0.2, 0.25) is 0 Å². The zero-order valence-corrected chi connectivity index (χ0v) is 14.6. The number of carbonyl (C=O) groups is 1. The molecule has 0 aromatic rings. The maximum absolute atomic E-state index is 11.9. The van der Waals surface area contributed by atoms with E-state index < -0.39 is 5.60 Å². The average Bonchev–Trinajstić information content (AvgIpc) is 2.80. The normalized spacial score (nSPS) is 55.5. The number of hydrogen-bond donors (Lipinski definition) is 1. The van der Waals surface area contributed by atoms with E-state index in [0.29, 0.717) is 29.0 Å². The molecule has 2 heteroatoms. The number of fused-ring (bicyclic) bond motifs is 5. The lowest BCUT2D eigenvalue weighted by Crippen LogP contribution is -2.56. The third-order valence-corrected chi connectivity index (χ3v) is 8.87. The summed E-state index contributed by atoms with van der Waals surface area (Å²) in [6.45, 7) is 4.71. The second-order valence-corrected chi connectivity index (χ2v) is 9.40. The van der Waals surface area contributed by atoms with Gasteiger partial charge in [0.2, 0.25) is 0 Å². The molecule has 0 aromatic carbocycles. The van der Waals surface area contributed by atoms with Gasteiger partial charge in [0.25, 0.3) is 0 Å². The van der Waals surface area contributed by atoms with Crippen molar-refractivity contribution in [2.75, 3.05) is 0 Å². The van der Waals surface area contributed by atoms with Crippen LogP contribution in [0.4, 0.5) is 0 Å². The molecular weight excluding hydrogens is 284 g/mol. The lowest BCUT2D eigenvalue weighted by atomic mass is 9.44. The number of hydrogen-bond acceptors (Lipinski definition) is 2. The summed E-state index contributed by atoms with van der Waals surface area (Å²) in [5.41, 5.74) is -0.658. The second kappa shape index (κ2) is 4.85. The first-order valence-corrected chi connectivity index (χ1v) is 9.56. The lowest BCUT2D eigenvalue weighted by Gasteiger charge is -2.60. The summed E-state index contributed by atoms with van der Waals surface area (Å²) in [5.74, 6) is 5.83. The van der Waals surface area contributed by atoms with E-state index in [9.17, 15) is 9.90 Å². The lowest BCUT2D eigenvalue weighted by molar-refractivity contribution is -0.147. The number of terminal acetylenes is 1. The maximum atomic E-state index is 11.9. The number of aliphatic hydroxyl groups is 1. The fourth-order valence-corrected chi connectivity index (χ4v) is 7.30. The van der Waals surface area contributed by atoms with Crippen LogP contribution < -0.4 is 0 Å². The largest absolute Gasteiger partial charge is 0.377 e. The molecule has 7 atom stereocenters. The molecule has 4 aliphatic rings. The van der Waals surface area contributed by atoms with Gasteiger partial charge in [-0.3, -0.25) is 4.79 Å². The minimum atomic E-state index is -0.900. The molecule has 126 valence electrons. The van der Waals surface area contributed by atoms with E-state index in [0.717, 1.165) is 44.4 Å². The van der Waals surface area contributed by atoms with Crippen LogP contribution in [0.1, 0.15) is 71.6 Å². The number of Topliss-reactive ketones (excluding diaryl/α,β-unsaturated/α-hetero) is 1. The predicted molar refractivity (Wildman–Crippen MR) is 90.5 cm³/mol. The molecule has 0 spiro atoms. The number of carbonyl (C=O) groups excluding carboxylic acids is 1. The molecule has 2 nitrogen and oxygen atoms in total. The monoisotopic (exact) mass is 314 g/mol. The quantitative estimate of drug-likeness (QED) is 0.687. The van der Waals surface area contributed by atoms with Crippen LogP contribution in [-0.2, 0) is 4.79 Å². The van der Waals surface area contributed by atoms with Crippen LogP contribution >= 0.6 is 0 Å². The van der Waals surface area contributed by atoms with Gasteiger partial charge in [0, 0.05) is 18.3 Å². The topological polar surface area (TPSA) is 37.3 Å². The summed E-state index contributed by atoms with van der Waals surface area (Å²) in [6, 6.07) is 0. The van der Waals surface area contributed by atoms with E-state index >= 15 is 0 Å². The standard InChI is InChI=1S/C21H30O2/c1-4-21(23)12-9-18-16-6-5-14-13-15(22)7-10-19(14,2)17(16)8-11-20(18,21)3/h1,14,16-18,23H,5-13H2,2-3H3/t14-,16-,17+,18-,19+,20+,21-/m1/s1. The smallest absolute Gasteiger partial charge is 0.133 e. The molecule has 23 heavy (non-hydrogen) atoms. The van der Waals surface area contributed by atoms with Crippen LogP contribution in [0, 0.1) is 46.8 Å². The molecule has 0 saturated heterocycles. The van der Waals surface area contributed by atoms with Crippen LogP contribution in [0.15, 0.2) is 0 Å². The number of rotatable bonds is 0. The third kappa shape index (κ3) is 1.89. The van der Waals surface area contributed by atoms with Crippen molar-refractivity contribution in [2.24, 2.45) is 34.5 Å². The minimum absolute atomic E-state index is 0.101. The van der Waals surface area contributed by atoms with E-state index in [1.165, 1.54) is 19.3 Å². The first-order chi connectivity index (χ1) is 10.8. The van der Waals surface area contributed by atoms with Crippen molar-refractivity contribution in [3.05, 3.63) is 0 Å². The van der Waals surface area contributed by atoms with Crippen LogP contribution in [0.25, 0.3) is 0 Å². The van der Waals surface area contributed by atoms with Crippen molar-refractivity contribution >= 4 is 5.78 Å². The van der Waals surface area contributed by atoms with E-state index in [1.54, 1.807) is 0 Å². The molecule has 0 bridgehead atoms. The summed E-state index contributed by atoms with van der Waals surface area (Å²) in [4.78, 5) is 11.9. The van der Waals surface area contributed by atoms with Gasteiger partial charge in [0.1, 0.15) is 11.4 Å². The maximum Gasteiger partial charge on any atom is 0.133 e. The first-order valence-electron chi connectivity index (χ1n) is 9.56. The van der Waals surface area contributed by atoms with Crippen molar-refractivity contribution in [2.45, 2.75) is 77.2 Å². The van der Waals surface area contributed by atoms with E-state index in [-0.39, 0.29) is 5.41 Å². The van der Waals surface area contributed by atoms with Gasteiger partial charge in [0.05, 0.1) is 0 Å². The van der Waals surface area contributed by atoms with Gasteiger partial charge in [-0.15, -0.1) is 6.42 Å². The van der Waals surface area contributed by atoms with Gasteiger partial charge in [-0.1, -0.05) is 19.8 Å². The number of ketones is 1. The Hall–Kier alpha value is -0.810. The summed E-state index contributed by atoms with van der Waals surface area (Å²) in [6.07, 6.45) is 14.9. The summed E-state index contributed by atoms with van der Waals surface area (Å²) in [5, 5.41) is 11.0. The van der Waals surface area contributed by atoms with Crippen molar-refractivity contribution < 1.29 is 9.90 Å². The molecule has 0 unspecified atom stereocenters. The first kappa shape index (κ1) is 15.7. The van der Waals surface area contributed by atoms with Crippen molar-refractivity contribution in [3.8, 4) is 12.3 Å². The molecule has 0 aliphatic heterocycles. The average molecular weight is 314 g/mol. The fraction of sp³-hybridized carbons (Fsp3) is 0.857. The van der Waals surface area contributed by atoms with E-state index in [4.69, 9.17) is 6.42 Å². The highest BCUT2D eigenvalue weighted by molar-refractivity contribution is 5.79. The van der Waals surface area contributed by atoms with E-state index in [1.807, 2.05) is 0 Å². The minimum Gasteiger partial charge on any atom is -0.377 e. The Morgan fingerprint density at radius 1 is 1.09 bits per heavy atom. The van der Waals surface area contributed by atoms with Crippen molar-refractivity contribution in [1.82, 2.24) is 0 Å². The molecule has 1 N–H and O–H groups in total. The Morgan fingerprint density at radius 3 is 2.57 bits per heavy atom. The molecule has 0 aromatic heterocycles. The van der Waals surface area contributed by atoms with Gasteiger partial charge >= 0.3 is 0 Å². The van der Waals surface area contributed by atoms with Crippen molar-refractivity contribution in [1.29, 1.82) is 0 Å². The Bertz CT molecular complexity index is 575. The molecule has 0 radical (unpaired) electrons. The van der Waals surface area contributed by atoms with Gasteiger partial charge in [0.15, 0.2) is 0 Å². The Balaban J connectivity index is 1.66. The Kier molecular flexibility index (Phi) is 3.31. The van der Waals surface area contributed by atoms with Gasteiger partial charge < -0.3 is 5.11 Å². The summed E-state index contributed by atoms with van der Waals surface area (Å²) in [7, 11) is 0. The molecular formula is C21H30O2.